The van der Waals surface area contributed by atoms with Crippen LogP contribution >= 0.6 is 11.6 Å². The molecule has 2 amide bonds. The predicted molar refractivity (Wildman–Crippen MR) is 95.3 cm³/mol. The quantitative estimate of drug-likeness (QED) is 0.681. The van der Waals surface area contributed by atoms with Crippen LogP contribution in [-0.4, -0.2) is 44.0 Å². The maximum atomic E-state index is 12.5. The lowest BCUT2D eigenvalue weighted by molar-refractivity contribution is 0.256. The Hall–Kier alpha value is -2.59. The molecule has 2 N–H and O–H groups in total. The van der Waals surface area contributed by atoms with Crippen molar-refractivity contribution in [3.8, 4) is 11.6 Å². The van der Waals surface area contributed by atoms with E-state index >= 15 is 0 Å². The van der Waals surface area contributed by atoms with E-state index in [0.717, 1.165) is 0 Å². The fourth-order valence-corrected chi connectivity index (χ4v) is 3.08. The highest BCUT2D eigenvalue weighted by atomic mass is 35.5. The van der Waals surface area contributed by atoms with Crippen molar-refractivity contribution in [1.29, 1.82) is 0 Å². The minimum absolute atomic E-state index is 0.0851. The second-order valence-electron chi connectivity index (χ2n) is 4.92. The SMILES string of the molecule is COc1cc(C)nc(NC(=O)NS(=O)(=O)c2ccccc2OCCCl)n1. The first-order valence-corrected chi connectivity index (χ1v) is 9.38. The largest absolute Gasteiger partial charge is 0.491 e. The minimum atomic E-state index is -4.18. The van der Waals surface area contributed by atoms with Crippen LogP contribution in [0.25, 0.3) is 0 Å². The maximum absolute atomic E-state index is 12.5. The molecule has 0 aliphatic heterocycles. The Morgan fingerprint density at radius 1 is 1.27 bits per heavy atom. The van der Waals surface area contributed by atoms with Gasteiger partial charge in [-0.1, -0.05) is 12.1 Å². The van der Waals surface area contributed by atoms with Crippen LogP contribution in [0.1, 0.15) is 5.69 Å². The molecule has 0 saturated heterocycles. The topological polar surface area (TPSA) is 120 Å². The van der Waals surface area contributed by atoms with E-state index in [4.69, 9.17) is 21.1 Å². The van der Waals surface area contributed by atoms with Crippen molar-refractivity contribution in [3.63, 3.8) is 0 Å². The molecular weight excluding hydrogens is 384 g/mol. The van der Waals surface area contributed by atoms with Crippen molar-refractivity contribution < 1.29 is 22.7 Å². The van der Waals surface area contributed by atoms with E-state index < -0.39 is 16.1 Å². The number of urea groups is 1. The van der Waals surface area contributed by atoms with Crippen LogP contribution in [0.15, 0.2) is 35.2 Å². The average Bonchev–Trinajstić information content (AvgIpc) is 2.59. The van der Waals surface area contributed by atoms with E-state index in [9.17, 15) is 13.2 Å². The summed E-state index contributed by atoms with van der Waals surface area (Å²) in [4.78, 5) is 19.8. The molecular formula is C15H17ClN4O5S. The maximum Gasteiger partial charge on any atom is 0.335 e. The molecule has 2 aromatic rings. The summed E-state index contributed by atoms with van der Waals surface area (Å²) in [5.74, 6) is 0.410. The van der Waals surface area contributed by atoms with Gasteiger partial charge in [0.1, 0.15) is 17.3 Å². The molecule has 1 aromatic carbocycles. The van der Waals surface area contributed by atoms with Crippen molar-refractivity contribution >= 4 is 33.6 Å². The van der Waals surface area contributed by atoms with Gasteiger partial charge in [-0.3, -0.25) is 5.32 Å². The molecule has 0 saturated carbocycles. The van der Waals surface area contributed by atoms with Gasteiger partial charge in [-0.25, -0.2) is 22.9 Å². The number of alkyl halides is 1. The Morgan fingerprint density at radius 3 is 2.69 bits per heavy atom. The summed E-state index contributed by atoms with van der Waals surface area (Å²) in [6, 6.07) is 6.43. The molecule has 0 unspecified atom stereocenters. The first-order chi connectivity index (χ1) is 12.4. The third kappa shape index (κ3) is 5.20. The predicted octanol–water partition coefficient (Wildman–Crippen LogP) is 1.92. The molecule has 140 valence electrons. The number of nitrogens with one attached hydrogen (secondary N) is 2. The smallest absolute Gasteiger partial charge is 0.335 e. The van der Waals surface area contributed by atoms with Crippen LogP contribution in [0.4, 0.5) is 10.7 Å². The molecule has 0 bridgehead atoms. The van der Waals surface area contributed by atoms with Gasteiger partial charge in [0.25, 0.3) is 10.0 Å². The second-order valence-corrected chi connectivity index (χ2v) is 6.95. The van der Waals surface area contributed by atoms with Gasteiger partial charge in [0.15, 0.2) is 0 Å². The molecule has 0 fully saturated rings. The Morgan fingerprint density at radius 2 is 2.00 bits per heavy atom. The highest BCUT2D eigenvalue weighted by molar-refractivity contribution is 7.90. The molecule has 2 rings (SSSR count). The van der Waals surface area contributed by atoms with E-state index in [0.29, 0.717) is 5.69 Å². The standard InChI is InChI=1S/C15H17ClN4O5S/c1-10-9-13(24-2)18-14(17-10)19-15(21)20-26(22,23)12-6-4-3-5-11(12)25-8-7-16/h3-6,9H,7-8H2,1-2H3,(H2,17,18,19,20,21). The van der Waals surface area contributed by atoms with Crippen LogP contribution in [0.5, 0.6) is 11.6 Å². The normalized spacial score (nSPS) is 10.9. The third-order valence-electron chi connectivity index (χ3n) is 2.97. The van der Waals surface area contributed by atoms with Crippen molar-refractivity contribution in [2.24, 2.45) is 0 Å². The summed E-state index contributed by atoms with van der Waals surface area (Å²) in [6.45, 7) is 1.80. The highest BCUT2D eigenvalue weighted by Gasteiger charge is 2.22. The first kappa shape index (κ1) is 19.7. The summed E-state index contributed by atoms with van der Waals surface area (Å²) < 4.78 is 37.1. The minimum Gasteiger partial charge on any atom is -0.491 e. The average molecular weight is 401 g/mol. The number of nitrogens with zero attached hydrogens (tertiary/aromatic N) is 2. The number of carbonyl (C=O) groups is 1. The van der Waals surface area contributed by atoms with Crippen LogP contribution in [0.3, 0.4) is 0 Å². The van der Waals surface area contributed by atoms with Gasteiger partial charge in [0.2, 0.25) is 11.8 Å². The number of benzene rings is 1. The van der Waals surface area contributed by atoms with E-state index in [1.165, 1.54) is 25.3 Å². The van der Waals surface area contributed by atoms with Gasteiger partial charge in [-0.05, 0) is 19.1 Å². The molecule has 0 spiro atoms. The van der Waals surface area contributed by atoms with Crippen molar-refractivity contribution in [2.75, 3.05) is 24.9 Å². The number of hydrogen-bond acceptors (Lipinski definition) is 7. The van der Waals surface area contributed by atoms with Crippen LogP contribution < -0.4 is 19.5 Å². The zero-order valence-electron chi connectivity index (χ0n) is 14.0. The first-order valence-electron chi connectivity index (χ1n) is 7.37. The summed E-state index contributed by atoms with van der Waals surface area (Å²) in [5.41, 5.74) is 0.537. The number of halogens is 1. The number of aryl methyl sites for hydroxylation is 1. The molecule has 0 atom stereocenters. The lowest BCUT2D eigenvalue weighted by Crippen LogP contribution is -2.35. The number of aromatic nitrogens is 2. The number of rotatable bonds is 7. The summed E-state index contributed by atoms with van der Waals surface area (Å²) >= 11 is 5.55. The summed E-state index contributed by atoms with van der Waals surface area (Å²) in [7, 11) is -2.77. The fraction of sp³-hybridized carbons (Fsp3) is 0.267. The van der Waals surface area contributed by atoms with Gasteiger partial charge >= 0.3 is 6.03 Å². The molecule has 0 aliphatic rings. The second kappa shape index (κ2) is 8.68. The Kier molecular flexibility index (Phi) is 6.58. The third-order valence-corrected chi connectivity index (χ3v) is 4.49. The highest BCUT2D eigenvalue weighted by Crippen LogP contribution is 2.23. The molecule has 11 heteroatoms. The lowest BCUT2D eigenvalue weighted by Gasteiger charge is -2.12. The number of methoxy groups -OCH3 is 1. The lowest BCUT2D eigenvalue weighted by atomic mass is 10.3. The van der Waals surface area contributed by atoms with Gasteiger partial charge in [-0.15, -0.1) is 11.6 Å². The van der Waals surface area contributed by atoms with E-state index in [2.05, 4.69) is 15.3 Å². The van der Waals surface area contributed by atoms with E-state index in [1.807, 2.05) is 4.72 Å². The Labute approximate surface area is 155 Å². The van der Waals surface area contributed by atoms with Crippen molar-refractivity contribution in [1.82, 2.24) is 14.7 Å². The molecule has 0 radical (unpaired) electrons. The van der Waals surface area contributed by atoms with Crippen molar-refractivity contribution in [3.05, 3.63) is 36.0 Å². The van der Waals surface area contributed by atoms with Crippen LogP contribution in [-0.2, 0) is 10.0 Å². The molecule has 9 nitrogen and oxygen atoms in total. The van der Waals surface area contributed by atoms with E-state index in [-0.39, 0.29) is 35.0 Å². The van der Waals surface area contributed by atoms with Gasteiger partial charge in [-0.2, -0.15) is 4.98 Å². The Balaban J connectivity index is 2.17. The van der Waals surface area contributed by atoms with Gasteiger partial charge in [0, 0.05) is 11.8 Å². The summed E-state index contributed by atoms with van der Waals surface area (Å²) in [6.07, 6.45) is 0. The van der Waals surface area contributed by atoms with Crippen LogP contribution in [0.2, 0.25) is 0 Å². The number of sulfonamides is 1. The van der Waals surface area contributed by atoms with Gasteiger partial charge in [0.05, 0.1) is 13.0 Å². The zero-order chi connectivity index (χ0) is 19.2. The molecule has 1 aromatic heterocycles. The number of carbonyl (C=O) groups excluding carboxylic acids is 1. The van der Waals surface area contributed by atoms with E-state index in [1.54, 1.807) is 19.1 Å². The van der Waals surface area contributed by atoms with Crippen LogP contribution in [0, 0.1) is 6.92 Å². The fourth-order valence-electron chi connectivity index (χ4n) is 1.94. The number of amides is 2. The Bertz CT molecular complexity index is 891. The number of ether oxygens (including phenoxy) is 2. The van der Waals surface area contributed by atoms with Gasteiger partial charge < -0.3 is 9.47 Å². The molecule has 1 heterocycles. The molecule has 0 aliphatic carbocycles. The number of anilines is 1. The molecule has 26 heavy (non-hydrogen) atoms. The van der Waals surface area contributed by atoms with Crippen molar-refractivity contribution in [2.45, 2.75) is 11.8 Å². The number of hydrogen-bond donors (Lipinski definition) is 2. The number of para-hydroxylation sites is 1. The monoisotopic (exact) mass is 400 g/mol. The summed E-state index contributed by atoms with van der Waals surface area (Å²) in [5, 5.41) is 2.25. The zero-order valence-corrected chi connectivity index (χ0v) is 15.6.